The van der Waals surface area contributed by atoms with Crippen molar-refractivity contribution in [3.8, 4) is 0 Å². The summed E-state index contributed by atoms with van der Waals surface area (Å²) in [5, 5.41) is 0. The summed E-state index contributed by atoms with van der Waals surface area (Å²) in [6.45, 7) is 12.7. The first kappa shape index (κ1) is 11.1. The van der Waals surface area contributed by atoms with Gasteiger partial charge in [-0.05, 0) is 6.92 Å². The number of nitrogens with zero attached hydrogens (tertiary/aromatic N) is 1. The van der Waals surface area contributed by atoms with Gasteiger partial charge < -0.3 is 4.23 Å². The third-order valence-corrected chi connectivity index (χ3v) is 6.81. The van der Waals surface area contributed by atoms with Gasteiger partial charge in [-0.3, -0.25) is 0 Å². The van der Waals surface area contributed by atoms with E-state index in [1.54, 1.807) is 0 Å². The van der Waals surface area contributed by atoms with Crippen LogP contribution in [0.1, 0.15) is 6.92 Å². The SMILES string of the molecule is C/C=C/CN([Si](C)C)[Si](C)C. The van der Waals surface area contributed by atoms with Crippen LogP contribution < -0.4 is 0 Å². The summed E-state index contributed by atoms with van der Waals surface area (Å²) >= 11 is 0. The van der Waals surface area contributed by atoms with Crippen molar-refractivity contribution in [2.75, 3.05) is 6.54 Å². The molecule has 0 unspecified atom stereocenters. The Kier molecular flexibility index (Phi) is 5.81. The molecular weight excluding hydrogens is 166 g/mol. The second-order valence-corrected chi connectivity index (χ2v) is 8.39. The van der Waals surface area contributed by atoms with E-state index in [0.29, 0.717) is 0 Å². The van der Waals surface area contributed by atoms with Gasteiger partial charge in [0.2, 0.25) is 0 Å². The first-order chi connectivity index (χ1) is 5.09. The minimum absolute atomic E-state index is 0.218. The quantitative estimate of drug-likeness (QED) is 0.480. The van der Waals surface area contributed by atoms with Crippen LogP contribution in [0.15, 0.2) is 12.2 Å². The van der Waals surface area contributed by atoms with Crippen LogP contribution in [-0.4, -0.2) is 28.7 Å². The molecule has 0 saturated heterocycles. The Bertz CT molecular complexity index is 113. The number of rotatable bonds is 4. The Morgan fingerprint density at radius 3 is 1.82 bits per heavy atom. The predicted octanol–water partition coefficient (Wildman–Crippen LogP) is 2.37. The van der Waals surface area contributed by atoms with E-state index in [0.717, 1.165) is 0 Å². The fourth-order valence-corrected chi connectivity index (χ4v) is 5.54. The standard InChI is InChI=1S/C8H19NSi2/c1-6-7-8-9(10(2)3)11(4)5/h6-7H,8H2,1-5H3/b7-6+. The smallest absolute Gasteiger partial charge is 0.122 e. The molecule has 1 nitrogen and oxygen atoms in total. The Morgan fingerprint density at radius 1 is 1.09 bits per heavy atom. The molecule has 0 bridgehead atoms. The Morgan fingerprint density at radius 2 is 1.55 bits per heavy atom. The third-order valence-electron chi connectivity index (χ3n) is 1.60. The molecule has 0 aliphatic rings. The summed E-state index contributed by atoms with van der Waals surface area (Å²) in [7, 11) is -0.435. The van der Waals surface area contributed by atoms with Crippen LogP contribution in [-0.2, 0) is 0 Å². The van der Waals surface area contributed by atoms with Crippen molar-refractivity contribution in [1.29, 1.82) is 0 Å². The lowest BCUT2D eigenvalue weighted by Gasteiger charge is -2.27. The Hall–Kier alpha value is 0.134. The molecule has 2 radical (unpaired) electrons. The van der Waals surface area contributed by atoms with E-state index in [2.05, 4.69) is 49.5 Å². The van der Waals surface area contributed by atoms with Crippen LogP contribution in [0.4, 0.5) is 0 Å². The van der Waals surface area contributed by atoms with Crippen LogP contribution >= 0.6 is 0 Å². The third kappa shape index (κ3) is 4.55. The summed E-state index contributed by atoms with van der Waals surface area (Å²) in [6.07, 6.45) is 4.40. The van der Waals surface area contributed by atoms with E-state index < -0.39 is 0 Å². The first-order valence-corrected chi connectivity index (χ1v) is 8.98. The Balaban J connectivity index is 3.89. The molecule has 0 aromatic rings. The summed E-state index contributed by atoms with van der Waals surface area (Å²) in [4.78, 5) is 0. The average molecular weight is 185 g/mol. The zero-order valence-electron chi connectivity index (χ0n) is 8.31. The molecule has 0 spiro atoms. The van der Waals surface area contributed by atoms with Gasteiger partial charge in [-0.25, -0.2) is 0 Å². The lowest BCUT2D eigenvalue weighted by molar-refractivity contribution is 0.729. The maximum absolute atomic E-state index is 2.66. The highest BCUT2D eigenvalue weighted by Crippen LogP contribution is 1.99. The molecule has 0 aliphatic carbocycles. The molecule has 0 aromatic carbocycles. The predicted molar refractivity (Wildman–Crippen MR) is 56.5 cm³/mol. The van der Waals surface area contributed by atoms with Gasteiger partial charge in [0.15, 0.2) is 0 Å². The normalized spacial score (nSPS) is 12.7. The summed E-state index contributed by atoms with van der Waals surface area (Å²) < 4.78 is 2.66. The minimum Gasteiger partial charge on any atom is -0.344 e. The van der Waals surface area contributed by atoms with Crippen LogP contribution in [0.2, 0.25) is 26.2 Å². The molecule has 0 saturated carbocycles. The van der Waals surface area contributed by atoms with Gasteiger partial charge in [0.1, 0.15) is 17.9 Å². The van der Waals surface area contributed by atoms with Crippen molar-refractivity contribution < 1.29 is 0 Å². The lowest BCUT2D eigenvalue weighted by Crippen LogP contribution is -2.43. The van der Waals surface area contributed by atoms with E-state index in [1.165, 1.54) is 6.54 Å². The van der Waals surface area contributed by atoms with Crippen molar-refractivity contribution in [3.05, 3.63) is 12.2 Å². The summed E-state index contributed by atoms with van der Waals surface area (Å²) in [5.41, 5.74) is 0. The van der Waals surface area contributed by atoms with E-state index in [1.807, 2.05) is 0 Å². The highest BCUT2D eigenvalue weighted by atomic mass is 28.3. The van der Waals surface area contributed by atoms with Gasteiger partial charge in [0.05, 0.1) is 0 Å². The fraction of sp³-hybridized carbons (Fsp3) is 0.750. The number of allylic oxidation sites excluding steroid dienone is 1. The zero-order valence-corrected chi connectivity index (χ0v) is 10.3. The van der Waals surface area contributed by atoms with Crippen molar-refractivity contribution in [3.63, 3.8) is 0 Å². The average Bonchev–Trinajstić information content (AvgIpc) is 1.87. The molecule has 0 atom stereocenters. The topological polar surface area (TPSA) is 3.24 Å². The molecule has 64 valence electrons. The van der Waals surface area contributed by atoms with E-state index >= 15 is 0 Å². The van der Waals surface area contributed by atoms with Gasteiger partial charge in [-0.15, -0.1) is 0 Å². The molecule has 0 N–H and O–H groups in total. The van der Waals surface area contributed by atoms with E-state index in [9.17, 15) is 0 Å². The van der Waals surface area contributed by atoms with Gasteiger partial charge >= 0.3 is 0 Å². The Labute approximate surface area is 74.5 Å². The van der Waals surface area contributed by atoms with Crippen LogP contribution in [0, 0.1) is 0 Å². The molecule has 0 fully saturated rings. The molecule has 11 heavy (non-hydrogen) atoms. The summed E-state index contributed by atoms with van der Waals surface area (Å²) in [6, 6.07) is 0. The molecule has 0 rings (SSSR count). The minimum atomic E-state index is -0.218. The summed E-state index contributed by atoms with van der Waals surface area (Å²) in [5.74, 6) is 0. The second-order valence-electron chi connectivity index (χ2n) is 3.07. The fourth-order valence-electron chi connectivity index (χ4n) is 1.02. The highest BCUT2D eigenvalue weighted by molar-refractivity contribution is 6.69. The van der Waals surface area contributed by atoms with Gasteiger partial charge in [-0.2, -0.15) is 0 Å². The zero-order chi connectivity index (χ0) is 8.85. The van der Waals surface area contributed by atoms with E-state index in [-0.39, 0.29) is 17.9 Å². The van der Waals surface area contributed by atoms with Gasteiger partial charge in [0.25, 0.3) is 0 Å². The van der Waals surface area contributed by atoms with Crippen molar-refractivity contribution in [1.82, 2.24) is 4.23 Å². The number of hydrogen-bond acceptors (Lipinski definition) is 1. The van der Waals surface area contributed by atoms with Crippen molar-refractivity contribution >= 4 is 17.9 Å². The maximum Gasteiger partial charge on any atom is 0.122 e. The van der Waals surface area contributed by atoms with Crippen LogP contribution in [0.3, 0.4) is 0 Å². The van der Waals surface area contributed by atoms with Crippen LogP contribution in [0.5, 0.6) is 0 Å². The molecule has 0 heterocycles. The van der Waals surface area contributed by atoms with Crippen LogP contribution in [0.25, 0.3) is 0 Å². The lowest BCUT2D eigenvalue weighted by atomic mass is 10.5. The molecule has 0 amide bonds. The molecule has 3 heteroatoms. The maximum atomic E-state index is 2.66. The number of hydrogen-bond donors (Lipinski definition) is 0. The van der Waals surface area contributed by atoms with Crippen molar-refractivity contribution in [2.24, 2.45) is 0 Å². The van der Waals surface area contributed by atoms with E-state index in [4.69, 9.17) is 0 Å². The van der Waals surface area contributed by atoms with Crippen molar-refractivity contribution in [2.45, 2.75) is 33.1 Å². The largest absolute Gasteiger partial charge is 0.344 e. The second kappa shape index (κ2) is 5.74. The molecular formula is C8H19NSi2. The van der Waals surface area contributed by atoms with Gasteiger partial charge in [0, 0.05) is 6.54 Å². The molecule has 0 aliphatic heterocycles. The monoisotopic (exact) mass is 185 g/mol. The molecule has 0 aromatic heterocycles. The highest BCUT2D eigenvalue weighted by Gasteiger charge is 2.13. The van der Waals surface area contributed by atoms with Gasteiger partial charge in [-0.1, -0.05) is 38.3 Å². The first-order valence-electron chi connectivity index (χ1n) is 4.08.